The van der Waals surface area contributed by atoms with Crippen molar-refractivity contribution in [2.45, 2.75) is 38.0 Å². The molecule has 30 heavy (non-hydrogen) atoms. The fraction of sp³-hybridized carbons (Fsp3) is 0.667. The fourth-order valence-electron chi connectivity index (χ4n) is 4.11. The van der Waals surface area contributed by atoms with E-state index in [0.717, 1.165) is 44.0 Å². The molecule has 2 heterocycles. The van der Waals surface area contributed by atoms with E-state index < -0.39 is 14.6 Å². The van der Waals surface area contributed by atoms with Crippen molar-refractivity contribution in [2.24, 2.45) is 10.9 Å². The standard InChI is InChI=1S/C21H33FN4O2S.HI/c1-21(2)16-26(12-13-29(21,27)28)20(23-3)24-14-17-8-10-25(11-9-17)15-18-6-4-5-7-19(18)22;/h4-7,17H,8-16H2,1-3H3,(H,23,24);1H. The van der Waals surface area contributed by atoms with Crippen LogP contribution in [-0.4, -0.2) is 74.4 Å². The Labute approximate surface area is 197 Å². The summed E-state index contributed by atoms with van der Waals surface area (Å²) >= 11 is 0. The summed E-state index contributed by atoms with van der Waals surface area (Å²) in [7, 11) is -1.32. The van der Waals surface area contributed by atoms with Gasteiger partial charge >= 0.3 is 0 Å². The Balaban J connectivity index is 0.00000320. The Morgan fingerprint density at radius 3 is 2.50 bits per heavy atom. The molecule has 9 heteroatoms. The molecular formula is C21H34FIN4O2S. The number of rotatable bonds is 4. The number of hydrogen-bond donors (Lipinski definition) is 1. The molecule has 0 spiro atoms. The summed E-state index contributed by atoms with van der Waals surface area (Å²) in [5, 5.41) is 3.45. The summed E-state index contributed by atoms with van der Waals surface area (Å²) < 4.78 is 37.6. The highest BCUT2D eigenvalue weighted by Gasteiger charge is 2.41. The number of hydrogen-bond acceptors (Lipinski definition) is 4. The van der Waals surface area contributed by atoms with Gasteiger partial charge in [-0.15, -0.1) is 24.0 Å². The molecule has 1 aromatic rings. The minimum atomic E-state index is -3.06. The first-order chi connectivity index (χ1) is 13.7. The summed E-state index contributed by atoms with van der Waals surface area (Å²) in [6.45, 7) is 7.89. The van der Waals surface area contributed by atoms with Crippen LogP contribution in [0.5, 0.6) is 0 Å². The lowest BCUT2D eigenvalue weighted by Gasteiger charge is -2.39. The van der Waals surface area contributed by atoms with Crippen LogP contribution in [0.4, 0.5) is 4.39 Å². The molecule has 1 aromatic carbocycles. The summed E-state index contributed by atoms with van der Waals surface area (Å²) in [5.74, 6) is 1.34. The molecule has 3 rings (SSSR count). The fourth-order valence-corrected chi connectivity index (χ4v) is 5.47. The van der Waals surface area contributed by atoms with Gasteiger partial charge < -0.3 is 10.2 Å². The number of guanidine groups is 1. The molecule has 0 unspecified atom stereocenters. The van der Waals surface area contributed by atoms with Crippen LogP contribution in [0.1, 0.15) is 32.3 Å². The van der Waals surface area contributed by atoms with Gasteiger partial charge in [0.15, 0.2) is 15.8 Å². The minimum absolute atomic E-state index is 0. The molecule has 170 valence electrons. The lowest BCUT2D eigenvalue weighted by Crippen LogP contribution is -2.57. The van der Waals surface area contributed by atoms with Crippen molar-refractivity contribution in [3.63, 3.8) is 0 Å². The number of sulfone groups is 1. The van der Waals surface area contributed by atoms with Crippen LogP contribution in [0.15, 0.2) is 29.3 Å². The summed E-state index contributed by atoms with van der Waals surface area (Å²) in [5.41, 5.74) is 0.757. The average Bonchev–Trinajstić information content (AvgIpc) is 2.68. The van der Waals surface area contributed by atoms with Gasteiger partial charge in [0, 0.05) is 38.8 Å². The molecule has 6 nitrogen and oxygen atoms in total. The van der Waals surface area contributed by atoms with Crippen molar-refractivity contribution >= 4 is 39.8 Å². The maximum Gasteiger partial charge on any atom is 0.193 e. The van der Waals surface area contributed by atoms with Gasteiger partial charge in [0.2, 0.25) is 0 Å². The maximum atomic E-state index is 13.9. The third-order valence-electron chi connectivity index (χ3n) is 6.16. The molecule has 2 saturated heterocycles. The van der Waals surface area contributed by atoms with Crippen LogP contribution in [0.3, 0.4) is 0 Å². The maximum absolute atomic E-state index is 13.9. The molecule has 0 atom stereocenters. The van der Waals surface area contributed by atoms with Crippen molar-refractivity contribution in [3.8, 4) is 0 Å². The van der Waals surface area contributed by atoms with Crippen molar-refractivity contribution in [3.05, 3.63) is 35.6 Å². The molecule has 0 aromatic heterocycles. The lowest BCUT2D eigenvalue weighted by atomic mass is 9.96. The zero-order chi connectivity index (χ0) is 21.1. The van der Waals surface area contributed by atoms with E-state index in [2.05, 4.69) is 15.2 Å². The van der Waals surface area contributed by atoms with E-state index in [9.17, 15) is 12.8 Å². The molecule has 0 saturated carbocycles. The SMILES string of the molecule is CN=C(NCC1CCN(Cc2ccccc2F)CC1)N1CCS(=O)(=O)C(C)(C)C1.I. The Kier molecular flexibility index (Phi) is 8.93. The topological polar surface area (TPSA) is 65.0 Å². The van der Waals surface area contributed by atoms with Gasteiger partial charge in [0.25, 0.3) is 0 Å². The number of piperidine rings is 1. The van der Waals surface area contributed by atoms with Crippen molar-refractivity contribution < 1.29 is 12.8 Å². The van der Waals surface area contributed by atoms with E-state index in [0.29, 0.717) is 25.6 Å². The van der Waals surface area contributed by atoms with E-state index in [-0.39, 0.29) is 35.5 Å². The molecule has 1 N–H and O–H groups in total. The zero-order valence-electron chi connectivity index (χ0n) is 18.1. The number of aliphatic imine (C=N–C) groups is 1. The van der Waals surface area contributed by atoms with Gasteiger partial charge in [-0.3, -0.25) is 9.89 Å². The van der Waals surface area contributed by atoms with E-state index in [1.807, 2.05) is 17.0 Å². The molecule has 2 aliphatic heterocycles. The summed E-state index contributed by atoms with van der Waals surface area (Å²) in [6.07, 6.45) is 2.11. The molecule has 0 aliphatic carbocycles. The Morgan fingerprint density at radius 1 is 1.23 bits per heavy atom. The van der Waals surface area contributed by atoms with Gasteiger partial charge in [-0.2, -0.15) is 0 Å². The van der Waals surface area contributed by atoms with Crippen molar-refractivity contribution in [2.75, 3.05) is 45.5 Å². The lowest BCUT2D eigenvalue weighted by molar-refractivity contribution is 0.175. The van der Waals surface area contributed by atoms with Crippen LogP contribution in [0.2, 0.25) is 0 Å². The van der Waals surface area contributed by atoms with Crippen LogP contribution in [0.25, 0.3) is 0 Å². The quantitative estimate of drug-likeness (QED) is 0.354. The second kappa shape index (κ2) is 10.6. The van der Waals surface area contributed by atoms with Crippen LogP contribution < -0.4 is 5.32 Å². The number of nitrogens with one attached hydrogen (secondary N) is 1. The van der Waals surface area contributed by atoms with Crippen LogP contribution in [-0.2, 0) is 16.4 Å². The first-order valence-electron chi connectivity index (χ1n) is 10.4. The van der Waals surface area contributed by atoms with Gasteiger partial charge in [0.05, 0.1) is 10.5 Å². The third-order valence-corrected chi connectivity index (χ3v) is 8.70. The Bertz CT molecular complexity index is 839. The van der Waals surface area contributed by atoms with E-state index >= 15 is 0 Å². The number of nitrogens with zero attached hydrogens (tertiary/aromatic N) is 3. The second-order valence-electron chi connectivity index (χ2n) is 8.74. The molecule has 2 aliphatic rings. The molecule has 0 bridgehead atoms. The highest BCUT2D eigenvalue weighted by atomic mass is 127. The molecule has 2 fully saturated rings. The minimum Gasteiger partial charge on any atom is -0.356 e. The molecule has 0 radical (unpaired) electrons. The number of likely N-dealkylation sites (tertiary alicyclic amines) is 1. The van der Waals surface area contributed by atoms with Crippen LogP contribution in [0, 0.1) is 11.7 Å². The summed E-state index contributed by atoms with van der Waals surface area (Å²) in [4.78, 5) is 8.73. The van der Waals surface area contributed by atoms with E-state index in [1.165, 1.54) is 6.07 Å². The van der Waals surface area contributed by atoms with E-state index in [4.69, 9.17) is 0 Å². The van der Waals surface area contributed by atoms with Gasteiger partial charge in [0.1, 0.15) is 5.82 Å². The normalized spacial score (nSPS) is 22.4. The number of benzene rings is 1. The molecular weight excluding hydrogens is 518 g/mol. The van der Waals surface area contributed by atoms with Crippen molar-refractivity contribution in [1.29, 1.82) is 0 Å². The second-order valence-corrected chi connectivity index (χ2v) is 11.5. The number of halogens is 2. The predicted octanol–water partition coefficient (Wildman–Crippen LogP) is 2.74. The Hall–Kier alpha value is -0.940. The molecule has 0 amide bonds. The van der Waals surface area contributed by atoms with Gasteiger partial charge in [-0.05, 0) is 51.8 Å². The van der Waals surface area contributed by atoms with Crippen LogP contribution >= 0.6 is 24.0 Å². The van der Waals surface area contributed by atoms with Crippen molar-refractivity contribution in [1.82, 2.24) is 15.1 Å². The predicted molar refractivity (Wildman–Crippen MR) is 131 cm³/mol. The largest absolute Gasteiger partial charge is 0.356 e. The Morgan fingerprint density at radius 2 is 1.90 bits per heavy atom. The zero-order valence-corrected chi connectivity index (χ0v) is 21.3. The van der Waals surface area contributed by atoms with Gasteiger partial charge in [-0.25, -0.2) is 12.8 Å². The smallest absolute Gasteiger partial charge is 0.193 e. The average molecular weight is 552 g/mol. The summed E-state index contributed by atoms with van der Waals surface area (Å²) in [6, 6.07) is 6.98. The van der Waals surface area contributed by atoms with E-state index in [1.54, 1.807) is 27.0 Å². The first kappa shape index (κ1) is 25.3. The highest BCUT2D eigenvalue weighted by molar-refractivity contribution is 14.0. The highest BCUT2D eigenvalue weighted by Crippen LogP contribution is 2.24. The first-order valence-corrected chi connectivity index (χ1v) is 12.0. The van der Waals surface area contributed by atoms with Gasteiger partial charge in [-0.1, -0.05) is 18.2 Å². The third kappa shape index (κ3) is 6.06. The monoisotopic (exact) mass is 552 g/mol.